The van der Waals surface area contributed by atoms with Crippen LogP contribution >= 0.6 is 11.8 Å². The van der Waals surface area contributed by atoms with E-state index in [4.69, 9.17) is 4.74 Å². The van der Waals surface area contributed by atoms with Crippen molar-refractivity contribution in [2.24, 2.45) is 0 Å². The highest BCUT2D eigenvalue weighted by Crippen LogP contribution is 2.31. The SMILES string of the molecule is COc1ccc(CN2C(=O)/C(=C\c3ccc(SC)cc3)c3ccccc3C2=O)cc1. The highest BCUT2D eigenvalue weighted by Gasteiger charge is 2.34. The lowest BCUT2D eigenvalue weighted by Gasteiger charge is -2.28. The van der Waals surface area contributed by atoms with E-state index in [-0.39, 0.29) is 18.4 Å². The van der Waals surface area contributed by atoms with Crippen LogP contribution in [0.15, 0.2) is 77.7 Å². The van der Waals surface area contributed by atoms with Crippen LogP contribution in [-0.2, 0) is 11.3 Å². The molecule has 0 unspecified atom stereocenters. The third kappa shape index (κ3) is 3.89. The lowest BCUT2D eigenvalue weighted by Crippen LogP contribution is -2.41. The van der Waals surface area contributed by atoms with Crippen LogP contribution in [0.3, 0.4) is 0 Å². The van der Waals surface area contributed by atoms with Crippen molar-refractivity contribution in [3.8, 4) is 5.75 Å². The van der Waals surface area contributed by atoms with Gasteiger partial charge in [-0.05, 0) is 59.4 Å². The van der Waals surface area contributed by atoms with Gasteiger partial charge in [0.25, 0.3) is 11.8 Å². The molecule has 150 valence electrons. The van der Waals surface area contributed by atoms with Gasteiger partial charge in [-0.1, -0.05) is 42.5 Å². The van der Waals surface area contributed by atoms with Gasteiger partial charge in [0.15, 0.2) is 0 Å². The molecule has 0 saturated heterocycles. The largest absolute Gasteiger partial charge is 0.497 e. The number of carbonyl (C=O) groups excluding carboxylic acids is 2. The molecular weight excluding hydrogens is 394 g/mol. The van der Waals surface area contributed by atoms with Gasteiger partial charge in [-0.25, -0.2) is 0 Å². The standard InChI is InChI=1S/C25H21NO3S/c1-29-19-11-7-18(8-12-19)16-26-24(27)22-6-4-3-5-21(22)23(25(26)28)15-17-9-13-20(30-2)14-10-17/h3-15H,16H2,1-2H3/b23-15-. The van der Waals surface area contributed by atoms with Crippen molar-refractivity contribution in [1.29, 1.82) is 0 Å². The van der Waals surface area contributed by atoms with Crippen LogP contribution in [0.25, 0.3) is 11.6 Å². The number of ether oxygens (including phenoxy) is 1. The summed E-state index contributed by atoms with van der Waals surface area (Å²) in [6.07, 6.45) is 3.88. The van der Waals surface area contributed by atoms with E-state index in [1.807, 2.05) is 79.1 Å². The van der Waals surface area contributed by atoms with Gasteiger partial charge in [0, 0.05) is 16.0 Å². The summed E-state index contributed by atoms with van der Waals surface area (Å²) in [6.45, 7) is 0.207. The van der Waals surface area contributed by atoms with Crippen molar-refractivity contribution >= 4 is 35.2 Å². The summed E-state index contributed by atoms with van der Waals surface area (Å²) in [4.78, 5) is 28.9. The van der Waals surface area contributed by atoms with E-state index < -0.39 is 0 Å². The lowest BCUT2D eigenvalue weighted by molar-refractivity contribution is -0.123. The number of imide groups is 1. The molecule has 0 saturated carbocycles. The quantitative estimate of drug-likeness (QED) is 0.329. The molecular formula is C25H21NO3S. The number of hydrogen-bond donors (Lipinski definition) is 0. The summed E-state index contributed by atoms with van der Waals surface area (Å²) in [5.41, 5.74) is 3.52. The Morgan fingerprint density at radius 1 is 0.867 bits per heavy atom. The van der Waals surface area contributed by atoms with Crippen molar-refractivity contribution in [1.82, 2.24) is 4.90 Å². The number of nitrogens with zero attached hydrogens (tertiary/aromatic N) is 1. The molecule has 3 aromatic rings. The van der Waals surface area contributed by atoms with Gasteiger partial charge in [0.2, 0.25) is 0 Å². The van der Waals surface area contributed by atoms with E-state index >= 15 is 0 Å². The fourth-order valence-corrected chi connectivity index (χ4v) is 3.87. The van der Waals surface area contributed by atoms with Crippen LogP contribution in [-0.4, -0.2) is 30.1 Å². The summed E-state index contributed by atoms with van der Waals surface area (Å²) < 4.78 is 5.19. The van der Waals surface area contributed by atoms with Crippen LogP contribution in [0.5, 0.6) is 5.75 Å². The molecule has 4 rings (SSSR count). The number of thioether (sulfide) groups is 1. The normalized spacial score (nSPS) is 14.7. The molecule has 0 spiro atoms. The Labute approximate surface area is 180 Å². The smallest absolute Gasteiger partial charge is 0.261 e. The van der Waals surface area contributed by atoms with Gasteiger partial charge in [-0.3, -0.25) is 14.5 Å². The molecule has 0 aromatic heterocycles. The molecule has 1 heterocycles. The number of rotatable bonds is 5. The maximum Gasteiger partial charge on any atom is 0.261 e. The summed E-state index contributed by atoms with van der Waals surface area (Å²) >= 11 is 1.67. The van der Waals surface area contributed by atoms with E-state index in [0.717, 1.165) is 21.8 Å². The number of carbonyl (C=O) groups is 2. The average molecular weight is 416 g/mol. The molecule has 0 bridgehead atoms. The molecule has 0 aliphatic carbocycles. The molecule has 1 aliphatic heterocycles. The van der Waals surface area contributed by atoms with Gasteiger partial charge in [-0.2, -0.15) is 0 Å². The van der Waals surface area contributed by atoms with Crippen LogP contribution in [0.2, 0.25) is 0 Å². The predicted octanol–water partition coefficient (Wildman–Crippen LogP) is 5.14. The number of fused-ring (bicyclic) bond motifs is 1. The molecule has 4 nitrogen and oxygen atoms in total. The molecule has 2 amide bonds. The number of methoxy groups -OCH3 is 1. The molecule has 3 aromatic carbocycles. The van der Waals surface area contributed by atoms with Gasteiger partial charge in [-0.15, -0.1) is 11.8 Å². The van der Waals surface area contributed by atoms with Crippen LogP contribution in [0, 0.1) is 0 Å². The molecule has 1 aliphatic rings. The predicted molar refractivity (Wildman–Crippen MR) is 120 cm³/mol. The minimum atomic E-state index is -0.288. The van der Waals surface area contributed by atoms with E-state index in [1.165, 1.54) is 4.90 Å². The third-order valence-electron chi connectivity index (χ3n) is 5.09. The first-order valence-corrected chi connectivity index (χ1v) is 10.8. The molecule has 0 atom stereocenters. The minimum Gasteiger partial charge on any atom is -0.497 e. The molecule has 0 fully saturated rings. The van der Waals surface area contributed by atoms with Gasteiger partial charge in [0.1, 0.15) is 5.75 Å². The van der Waals surface area contributed by atoms with Crippen molar-refractivity contribution in [3.05, 3.63) is 95.1 Å². The van der Waals surface area contributed by atoms with E-state index in [1.54, 1.807) is 24.9 Å². The summed E-state index contributed by atoms with van der Waals surface area (Å²) in [7, 11) is 1.60. The van der Waals surface area contributed by atoms with Gasteiger partial charge in [0.05, 0.1) is 13.7 Å². The second-order valence-corrected chi connectivity index (χ2v) is 7.80. The summed E-state index contributed by atoms with van der Waals surface area (Å²) in [5.74, 6) is 0.166. The first-order chi connectivity index (χ1) is 14.6. The second-order valence-electron chi connectivity index (χ2n) is 6.92. The molecule has 0 N–H and O–H groups in total. The highest BCUT2D eigenvalue weighted by atomic mass is 32.2. The van der Waals surface area contributed by atoms with Crippen molar-refractivity contribution in [3.63, 3.8) is 0 Å². The fourth-order valence-electron chi connectivity index (χ4n) is 3.47. The Kier molecular flexibility index (Phi) is 5.72. The highest BCUT2D eigenvalue weighted by molar-refractivity contribution is 7.98. The minimum absolute atomic E-state index is 0.207. The van der Waals surface area contributed by atoms with Crippen LogP contribution in [0.1, 0.15) is 27.0 Å². The zero-order valence-electron chi connectivity index (χ0n) is 16.8. The average Bonchev–Trinajstić information content (AvgIpc) is 2.80. The van der Waals surface area contributed by atoms with Crippen LogP contribution in [0.4, 0.5) is 0 Å². The Balaban J connectivity index is 1.73. The van der Waals surface area contributed by atoms with E-state index in [9.17, 15) is 9.59 Å². The first-order valence-electron chi connectivity index (χ1n) is 9.55. The maximum atomic E-state index is 13.4. The zero-order chi connectivity index (χ0) is 21.1. The third-order valence-corrected chi connectivity index (χ3v) is 5.84. The van der Waals surface area contributed by atoms with Crippen molar-refractivity contribution < 1.29 is 14.3 Å². The second kappa shape index (κ2) is 8.59. The van der Waals surface area contributed by atoms with Crippen molar-refractivity contribution in [2.75, 3.05) is 13.4 Å². The number of benzene rings is 3. The molecule has 30 heavy (non-hydrogen) atoms. The van der Waals surface area contributed by atoms with Gasteiger partial charge >= 0.3 is 0 Å². The summed E-state index contributed by atoms with van der Waals surface area (Å²) in [5, 5.41) is 0. The molecule has 0 radical (unpaired) electrons. The van der Waals surface area contributed by atoms with Gasteiger partial charge < -0.3 is 4.74 Å². The fraction of sp³-hybridized carbons (Fsp3) is 0.120. The van der Waals surface area contributed by atoms with E-state index in [0.29, 0.717) is 16.7 Å². The summed E-state index contributed by atoms with van der Waals surface area (Å²) in [6, 6.07) is 22.7. The van der Waals surface area contributed by atoms with E-state index in [2.05, 4.69) is 0 Å². The Morgan fingerprint density at radius 2 is 1.53 bits per heavy atom. The molecule has 5 heteroatoms. The number of hydrogen-bond acceptors (Lipinski definition) is 4. The van der Waals surface area contributed by atoms with Crippen LogP contribution < -0.4 is 4.74 Å². The monoisotopic (exact) mass is 415 g/mol. The van der Waals surface area contributed by atoms with Crippen molar-refractivity contribution in [2.45, 2.75) is 11.4 Å². The Hall–Kier alpha value is -3.31. The first kappa shape index (κ1) is 20.0. The zero-order valence-corrected chi connectivity index (χ0v) is 17.6. The Bertz CT molecular complexity index is 1120. The topological polar surface area (TPSA) is 46.6 Å². The maximum absolute atomic E-state index is 13.4. The Morgan fingerprint density at radius 3 is 2.17 bits per heavy atom. The number of amides is 2. The lowest BCUT2D eigenvalue weighted by atomic mass is 9.91.